The molecule has 2 aliphatic rings. The summed E-state index contributed by atoms with van der Waals surface area (Å²) in [5.74, 6) is -0.266. The molecule has 1 aromatic carbocycles. The fourth-order valence-electron chi connectivity index (χ4n) is 3.51. The minimum absolute atomic E-state index is 0.266. The van der Waals surface area contributed by atoms with Gasteiger partial charge in [-0.25, -0.2) is 0 Å². The summed E-state index contributed by atoms with van der Waals surface area (Å²) < 4.78 is 17.7. The molecular formula is C18H26O3. The van der Waals surface area contributed by atoms with Crippen LogP contribution < -0.4 is 0 Å². The normalized spacial score (nSPS) is 23.5. The fraction of sp³-hybridized carbons (Fsp3) is 0.667. The first kappa shape index (κ1) is 15.0. The minimum Gasteiger partial charge on any atom is -0.376 e. The van der Waals surface area contributed by atoms with Gasteiger partial charge in [-0.1, -0.05) is 37.3 Å². The van der Waals surface area contributed by atoms with Crippen molar-refractivity contribution in [3.05, 3.63) is 35.9 Å². The topological polar surface area (TPSA) is 27.7 Å². The Morgan fingerprint density at radius 1 is 1.00 bits per heavy atom. The first-order valence-corrected chi connectivity index (χ1v) is 8.16. The zero-order valence-electron chi connectivity index (χ0n) is 13.0. The maximum absolute atomic E-state index is 6.02. The number of hydrogen-bond acceptors (Lipinski definition) is 3. The standard InChI is InChI=1S/C18H26O3/c1-2-17(15-19-14-16-6-4-3-5-7-16)8-10-18(11-9-17)20-12-13-21-18/h3-7H,2,8-15H2,1H3. The Morgan fingerprint density at radius 3 is 2.29 bits per heavy atom. The molecule has 0 unspecified atom stereocenters. The Morgan fingerprint density at radius 2 is 1.67 bits per heavy atom. The van der Waals surface area contributed by atoms with E-state index in [1.165, 1.54) is 5.56 Å². The van der Waals surface area contributed by atoms with E-state index in [1.807, 2.05) is 6.07 Å². The van der Waals surface area contributed by atoms with E-state index in [2.05, 4.69) is 31.2 Å². The Hall–Kier alpha value is -0.900. The summed E-state index contributed by atoms with van der Waals surface area (Å²) in [7, 11) is 0. The number of benzene rings is 1. The lowest BCUT2D eigenvalue weighted by Crippen LogP contribution is -2.41. The second-order valence-corrected chi connectivity index (χ2v) is 6.44. The molecule has 0 aromatic heterocycles. The Bertz CT molecular complexity index is 427. The van der Waals surface area contributed by atoms with Crippen LogP contribution in [-0.2, 0) is 20.8 Å². The van der Waals surface area contributed by atoms with E-state index in [0.717, 1.165) is 51.9 Å². The summed E-state index contributed by atoms with van der Waals surface area (Å²) in [5, 5.41) is 0. The van der Waals surface area contributed by atoms with Crippen LogP contribution in [0.2, 0.25) is 0 Å². The lowest BCUT2D eigenvalue weighted by molar-refractivity contribution is -0.197. The van der Waals surface area contributed by atoms with Gasteiger partial charge in [-0.2, -0.15) is 0 Å². The summed E-state index contributed by atoms with van der Waals surface area (Å²) in [6.45, 7) is 5.34. The van der Waals surface area contributed by atoms with E-state index in [4.69, 9.17) is 14.2 Å². The molecule has 0 radical (unpaired) electrons. The highest BCUT2D eigenvalue weighted by atomic mass is 16.7. The third-order valence-electron chi connectivity index (χ3n) is 5.16. The van der Waals surface area contributed by atoms with Crippen LogP contribution in [0.15, 0.2) is 30.3 Å². The van der Waals surface area contributed by atoms with Gasteiger partial charge in [-0.05, 0) is 30.2 Å². The third kappa shape index (κ3) is 3.47. The molecule has 1 saturated heterocycles. The van der Waals surface area contributed by atoms with E-state index in [-0.39, 0.29) is 5.79 Å². The number of hydrogen-bond donors (Lipinski definition) is 0. The number of rotatable bonds is 5. The average molecular weight is 290 g/mol. The molecule has 1 heterocycles. The number of ether oxygens (including phenoxy) is 3. The van der Waals surface area contributed by atoms with Crippen LogP contribution in [0, 0.1) is 5.41 Å². The van der Waals surface area contributed by atoms with E-state index in [9.17, 15) is 0 Å². The van der Waals surface area contributed by atoms with Gasteiger partial charge in [0.05, 0.1) is 26.4 Å². The van der Waals surface area contributed by atoms with Gasteiger partial charge in [-0.15, -0.1) is 0 Å². The first-order valence-electron chi connectivity index (χ1n) is 8.16. The van der Waals surface area contributed by atoms with Crippen LogP contribution in [0.5, 0.6) is 0 Å². The van der Waals surface area contributed by atoms with Crippen molar-refractivity contribution in [1.82, 2.24) is 0 Å². The third-order valence-corrected chi connectivity index (χ3v) is 5.16. The molecule has 0 N–H and O–H groups in total. The molecule has 3 nitrogen and oxygen atoms in total. The van der Waals surface area contributed by atoms with Crippen LogP contribution in [0.25, 0.3) is 0 Å². The summed E-state index contributed by atoms with van der Waals surface area (Å²) in [6, 6.07) is 10.4. The fourth-order valence-corrected chi connectivity index (χ4v) is 3.51. The first-order chi connectivity index (χ1) is 10.3. The largest absolute Gasteiger partial charge is 0.376 e. The molecule has 1 aliphatic carbocycles. The lowest BCUT2D eigenvalue weighted by Gasteiger charge is -2.43. The van der Waals surface area contributed by atoms with Gasteiger partial charge in [0, 0.05) is 12.8 Å². The van der Waals surface area contributed by atoms with Crippen molar-refractivity contribution in [2.45, 2.75) is 51.4 Å². The summed E-state index contributed by atoms with van der Waals surface area (Å²) in [4.78, 5) is 0. The summed E-state index contributed by atoms with van der Waals surface area (Å²) >= 11 is 0. The molecule has 116 valence electrons. The van der Waals surface area contributed by atoms with Crippen molar-refractivity contribution in [2.24, 2.45) is 5.41 Å². The van der Waals surface area contributed by atoms with E-state index in [1.54, 1.807) is 0 Å². The Labute approximate surface area is 127 Å². The monoisotopic (exact) mass is 290 g/mol. The van der Waals surface area contributed by atoms with Crippen molar-refractivity contribution in [2.75, 3.05) is 19.8 Å². The van der Waals surface area contributed by atoms with E-state index >= 15 is 0 Å². The van der Waals surface area contributed by atoms with Gasteiger partial charge in [0.25, 0.3) is 0 Å². The highest BCUT2D eigenvalue weighted by molar-refractivity contribution is 5.13. The van der Waals surface area contributed by atoms with Crippen LogP contribution in [-0.4, -0.2) is 25.6 Å². The summed E-state index contributed by atoms with van der Waals surface area (Å²) in [6.07, 6.45) is 5.46. The second-order valence-electron chi connectivity index (χ2n) is 6.44. The second kappa shape index (κ2) is 6.47. The van der Waals surface area contributed by atoms with Crippen molar-refractivity contribution in [1.29, 1.82) is 0 Å². The van der Waals surface area contributed by atoms with Crippen molar-refractivity contribution < 1.29 is 14.2 Å². The zero-order valence-corrected chi connectivity index (χ0v) is 13.0. The minimum atomic E-state index is -0.266. The highest BCUT2D eigenvalue weighted by Crippen LogP contribution is 2.46. The Kier molecular flexibility index (Phi) is 4.63. The van der Waals surface area contributed by atoms with Gasteiger partial charge in [0.2, 0.25) is 0 Å². The predicted octanol–water partition coefficient (Wildman–Crippen LogP) is 3.92. The molecule has 1 saturated carbocycles. The van der Waals surface area contributed by atoms with Gasteiger partial charge in [0.1, 0.15) is 0 Å². The molecule has 0 bridgehead atoms. The molecule has 1 spiro atoms. The quantitative estimate of drug-likeness (QED) is 0.822. The summed E-state index contributed by atoms with van der Waals surface area (Å²) in [5.41, 5.74) is 1.55. The maximum atomic E-state index is 6.02. The maximum Gasteiger partial charge on any atom is 0.168 e. The van der Waals surface area contributed by atoms with Crippen LogP contribution in [0.3, 0.4) is 0 Å². The SMILES string of the molecule is CCC1(COCc2ccccc2)CCC2(CC1)OCCO2. The molecule has 1 aromatic rings. The zero-order chi connectivity index (χ0) is 14.6. The lowest BCUT2D eigenvalue weighted by atomic mass is 9.71. The molecule has 3 heteroatoms. The van der Waals surface area contributed by atoms with Crippen LogP contribution in [0.1, 0.15) is 44.6 Å². The Balaban J connectivity index is 1.51. The molecular weight excluding hydrogens is 264 g/mol. The predicted molar refractivity (Wildman–Crippen MR) is 81.9 cm³/mol. The van der Waals surface area contributed by atoms with Crippen molar-refractivity contribution in [3.63, 3.8) is 0 Å². The highest BCUT2D eigenvalue weighted by Gasteiger charge is 2.45. The molecule has 3 rings (SSSR count). The average Bonchev–Trinajstić information content (AvgIpc) is 3.00. The molecule has 1 aliphatic heterocycles. The molecule has 2 fully saturated rings. The smallest absolute Gasteiger partial charge is 0.168 e. The van der Waals surface area contributed by atoms with E-state index in [0.29, 0.717) is 12.0 Å². The van der Waals surface area contributed by atoms with Gasteiger partial charge >= 0.3 is 0 Å². The molecule has 0 atom stereocenters. The van der Waals surface area contributed by atoms with Crippen molar-refractivity contribution in [3.8, 4) is 0 Å². The van der Waals surface area contributed by atoms with Crippen LogP contribution in [0.4, 0.5) is 0 Å². The van der Waals surface area contributed by atoms with Gasteiger partial charge in [-0.3, -0.25) is 0 Å². The molecule has 0 amide bonds. The van der Waals surface area contributed by atoms with E-state index < -0.39 is 0 Å². The molecule has 21 heavy (non-hydrogen) atoms. The van der Waals surface area contributed by atoms with Gasteiger partial charge in [0.15, 0.2) is 5.79 Å². The van der Waals surface area contributed by atoms with Crippen LogP contribution >= 0.6 is 0 Å². The van der Waals surface area contributed by atoms with Gasteiger partial charge < -0.3 is 14.2 Å². The van der Waals surface area contributed by atoms with Crippen molar-refractivity contribution >= 4 is 0 Å².